The van der Waals surface area contributed by atoms with Gasteiger partial charge in [-0.2, -0.15) is 0 Å². The number of aliphatic hydroxyl groups excluding tert-OH is 1. The Morgan fingerprint density at radius 3 is 2.27 bits per heavy atom. The van der Waals surface area contributed by atoms with E-state index in [1.807, 2.05) is 0 Å². The molecule has 0 aliphatic heterocycles. The molecule has 0 spiro atoms. The number of rotatable bonds is 3. The Hall–Kier alpha value is -0.190. The highest BCUT2D eigenvalue weighted by molar-refractivity contribution is 6.38. The average Bonchev–Trinajstić information content (AvgIpc) is 2.13. The van der Waals surface area contributed by atoms with Gasteiger partial charge in [0.15, 0.2) is 0 Å². The quantitative estimate of drug-likeness (QED) is 0.739. The van der Waals surface area contributed by atoms with Crippen molar-refractivity contribution in [3.05, 3.63) is 27.7 Å². The van der Waals surface area contributed by atoms with Crippen LogP contribution in [0.3, 0.4) is 0 Å². The molecule has 1 rings (SSSR count). The molecule has 86 valence electrons. The zero-order chi connectivity index (χ0) is 10.7. The molecule has 1 aromatic carbocycles. The molecule has 0 fully saturated rings. The molecule has 15 heavy (non-hydrogen) atoms. The number of nitrogens with two attached hydrogens (primary N) is 1. The zero-order valence-corrected chi connectivity index (χ0v) is 10.5. The molecule has 0 saturated carbocycles. The third-order valence-corrected chi connectivity index (χ3v) is 2.51. The first-order valence-electron chi connectivity index (χ1n) is 4.13. The number of nitrogens with one attached hydrogen (secondary N) is 1. The molecule has 0 heterocycles. The van der Waals surface area contributed by atoms with Gasteiger partial charge in [-0.25, -0.2) is 0 Å². The summed E-state index contributed by atoms with van der Waals surface area (Å²) in [6, 6.07) is 3.23. The van der Waals surface area contributed by atoms with Crippen molar-refractivity contribution in [3.63, 3.8) is 0 Å². The van der Waals surface area contributed by atoms with Crippen LogP contribution in [-0.4, -0.2) is 18.7 Å². The fourth-order valence-corrected chi connectivity index (χ4v) is 1.61. The van der Waals surface area contributed by atoms with Crippen molar-refractivity contribution in [1.29, 1.82) is 0 Å². The van der Waals surface area contributed by atoms with Gasteiger partial charge >= 0.3 is 0 Å². The monoisotopic (exact) mass is 270 g/mol. The van der Waals surface area contributed by atoms with Crippen LogP contribution in [0.4, 0.5) is 5.69 Å². The fraction of sp³-hybridized carbons (Fsp3) is 0.333. The van der Waals surface area contributed by atoms with Crippen LogP contribution in [0.2, 0.25) is 10.0 Å². The van der Waals surface area contributed by atoms with Crippen molar-refractivity contribution in [2.24, 2.45) is 0 Å². The summed E-state index contributed by atoms with van der Waals surface area (Å²) in [6.07, 6.45) is -0.629. The number of halogens is 3. The van der Waals surface area contributed by atoms with Crippen molar-refractivity contribution >= 4 is 41.3 Å². The van der Waals surface area contributed by atoms with E-state index in [9.17, 15) is 5.11 Å². The number of nitrogen functional groups attached to an aromatic ring is 1. The SMILES string of the molecule is CNCC(O)c1cc(Cl)c(N)c(Cl)c1.Cl. The first-order valence-corrected chi connectivity index (χ1v) is 4.89. The van der Waals surface area contributed by atoms with Crippen LogP contribution in [0.25, 0.3) is 0 Å². The van der Waals surface area contributed by atoms with Gasteiger partial charge < -0.3 is 16.2 Å². The minimum absolute atomic E-state index is 0. The van der Waals surface area contributed by atoms with Gasteiger partial charge in [-0.05, 0) is 24.7 Å². The number of hydrogen-bond acceptors (Lipinski definition) is 3. The van der Waals surface area contributed by atoms with E-state index < -0.39 is 6.10 Å². The molecule has 0 amide bonds. The molecular formula is C9H13Cl3N2O. The van der Waals surface area contributed by atoms with Crippen molar-refractivity contribution in [2.45, 2.75) is 6.10 Å². The highest BCUT2D eigenvalue weighted by Crippen LogP contribution is 2.30. The average molecular weight is 272 g/mol. The molecule has 0 radical (unpaired) electrons. The number of aliphatic hydroxyl groups is 1. The van der Waals surface area contributed by atoms with Gasteiger partial charge in [0.25, 0.3) is 0 Å². The molecule has 0 bridgehead atoms. The van der Waals surface area contributed by atoms with E-state index in [0.717, 1.165) is 0 Å². The van der Waals surface area contributed by atoms with Gasteiger partial charge in [-0.1, -0.05) is 23.2 Å². The van der Waals surface area contributed by atoms with Crippen LogP contribution in [0.1, 0.15) is 11.7 Å². The second-order valence-corrected chi connectivity index (χ2v) is 3.79. The molecule has 1 unspecified atom stereocenters. The number of likely N-dealkylation sites (N-methyl/N-ethyl adjacent to an activating group) is 1. The van der Waals surface area contributed by atoms with Crippen LogP contribution >= 0.6 is 35.6 Å². The van der Waals surface area contributed by atoms with E-state index in [-0.39, 0.29) is 12.4 Å². The van der Waals surface area contributed by atoms with Crippen molar-refractivity contribution in [3.8, 4) is 0 Å². The molecule has 4 N–H and O–H groups in total. The van der Waals surface area contributed by atoms with E-state index in [2.05, 4.69) is 5.32 Å². The van der Waals surface area contributed by atoms with Gasteiger partial charge in [0.2, 0.25) is 0 Å². The van der Waals surface area contributed by atoms with Crippen LogP contribution in [-0.2, 0) is 0 Å². The van der Waals surface area contributed by atoms with Crippen molar-refractivity contribution < 1.29 is 5.11 Å². The highest BCUT2D eigenvalue weighted by Gasteiger charge is 2.11. The van der Waals surface area contributed by atoms with Gasteiger partial charge in [0.1, 0.15) is 0 Å². The lowest BCUT2D eigenvalue weighted by Crippen LogP contribution is -2.16. The van der Waals surface area contributed by atoms with Crippen LogP contribution in [0, 0.1) is 0 Å². The van der Waals surface area contributed by atoms with Crippen LogP contribution < -0.4 is 11.1 Å². The Morgan fingerprint density at radius 1 is 1.40 bits per heavy atom. The minimum atomic E-state index is -0.629. The van der Waals surface area contributed by atoms with Crippen molar-refractivity contribution in [1.82, 2.24) is 5.32 Å². The van der Waals surface area contributed by atoms with E-state index in [1.165, 1.54) is 0 Å². The first-order chi connectivity index (χ1) is 6.56. The standard InChI is InChI=1S/C9H12Cl2N2O.ClH/c1-13-4-8(14)5-2-6(10)9(12)7(11)3-5;/h2-3,8,13-14H,4,12H2,1H3;1H. The van der Waals surface area contributed by atoms with Gasteiger partial charge in [-0.15, -0.1) is 12.4 Å². The van der Waals surface area contributed by atoms with Gasteiger partial charge in [0.05, 0.1) is 21.8 Å². The summed E-state index contributed by atoms with van der Waals surface area (Å²) in [5.74, 6) is 0. The lowest BCUT2D eigenvalue weighted by atomic mass is 10.1. The Bertz CT molecular complexity index is 310. The van der Waals surface area contributed by atoms with E-state index in [0.29, 0.717) is 27.8 Å². The smallest absolute Gasteiger partial charge is 0.0915 e. The third kappa shape index (κ3) is 3.70. The molecule has 6 heteroatoms. The Morgan fingerprint density at radius 2 is 1.87 bits per heavy atom. The zero-order valence-electron chi connectivity index (χ0n) is 8.13. The van der Waals surface area contributed by atoms with Crippen molar-refractivity contribution in [2.75, 3.05) is 19.3 Å². The summed E-state index contributed by atoms with van der Waals surface area (Å²) >= 11 is 11.6. The lowest BCUT2D eigenvalue weighted by molar-refractivity contribution is 0.178. The predicted octanol–water partition coefficient (Wildman–Crippen LogP) is 2.25. The minimum Gasteiger partial charge on any atom is -0.396 e. The number of hydrogen-bond donors (Lipinski definition) is 3. The van der Waals surface area contributed by atoms with Gasteiger partial charge in [0, 0.05) is 6.54 Å². The van der Waals surface area contributed by atoms with E-state index in [1.54, 1.807) is 19.2 Å². The second kappa shape index (κ2) is 6.40. The first kappa shape index (κ1) is 14.8. The molecule has 0 aliphatic carbocycles. The molecule has 3 nitrogen and oxygen atoms in total. The Labute approximate surface area is 105 Å². The van der Waals surface area contributed by atoms with Crippen LogP contribution in [0.15, 0.2) is 12.1 Å². The summed E-state index contributed by atoms with van der Waals surface area (Å²) < 4.78 is 0. The summed E-state index contributed by atoms with van der Waals surface area (Å²) in [5, 5.41) is 13.2. The molecule has 0 aliphatic rings. The predicted molar refractivity (Wildman–Crippen MR) is 67.0 cm³/mol. The van der Waals surface area contributed by atoms with E-state index >= 15 is 0 Å². The summed E-state index contributed by atoms with van der Waals surface area (Å²) in [7, 11) is 1.75. The van der Waals surface area contributed by atoms with Gasteiger partial charge in [-0.3, -0.25) is 0 Å². The van der Waals surface area contributed by atoms with Crippen LogP contribution in [0.5, 0.6) is 0 Å². The fourth-order valence-electron chi connectivity index (χ4n) is 1.11. The molecule has 0 saturated heterocycles. The van der Waals surface area contributed by atoms with E-state index in [4.69, 9.17) is 28.9 Å². The second-order valence-electron chi connectivity index (χ2n) is 2.97. The third-order valence-electron chi connectivity index (χ3n) is 1.88. The maximum absolute atomic E-state index is 9.64. The maximum Gasteiger partial charge on any atom is 0.0915 e. The summed E-state index contributed by atoms with van der Waals surface area (Å²) in [6.45, 7) is 0.441. The molecule has 1 atom stereocenters. The largest absolute Gasteiger partial charge is 0.396 e. The summed E-state index contributed by atoms with van der Waals surface area (Å²) in [4.78, 5) is 0. The highest BCUT2D eigenvalue weighted by atomic mass is 35.5. The molecule has 1 aromatic rings. The Kier molecular flexibility index (Phi) is 6.32. The summed E-state index contributed by atoms with van der Waals surface area (Å²) in [5.41, 5.74) is 6.56. The normalized spacial score (nSPS) is 12.0. The number of benzene rings is 1. The topological polar surface area (TPSA) is 58.3 Å². The molecule has 0 aromatic heterocycles. The maximum atomic E-state index is 9.64. The Balaban J connectivity index is 0.00000196. The molecular weight excluding hydrogens is 258 g/mol. The lowest BCUT2D eigenvalue weighted by Gasteiger charge is -2.12. The number of anilines is 1.